The van der Waals surface area contributed by atoms with Crippen LogP contribution in [-0.2, 0) is 11.3 Å². The monoisotopic (exact) mass is 490 g/mol. The van der Waals surface area contributed by atoms with Gasteiger partial charge in [0.2, 0.25) is 0 Å². The molecule has 0 aliphatic carbocycles. The first kappa shape index (κ1) is 28.9. The van der Waals surface area contributed by atoms with Gasteiger partial charge in [0.05, 0.1) is 18.1 Å². The van der Waals surface area contributed by atoms with Gasteiger partial charge in [-0.05, 0) is 30.2 Å². The fourth-order valence-corrected chi connectivity index (χ4v) is 3.19. The first-order valence-electron chi connectivity index (χ1n) is 9.23. The number of nitrogens with one attached hydrogen (secondary N) is 2. The number of carbonyl (C=O) groups is 1. The van der Waals surface area contributed by atoms with Crippen LogP contribution in [0.25, 0.3) is 6.08 Å². The van der Waals surface area contributed by atoms with Gasteiger partial charge >= 0.3 is 0 Å². The summed E-state index contributed by atoms with van der Waals surface area (Å²) in [6.45, 7) is 2.92. The molecule has 1 saturated heterocycles. The third-order valence-corrected chi connectivity index (χ3v) is 4.64. The van der Waals surface area contributed by atoms with Crippen molar-refractivity contribution in [2.75, 3.05) is 37.4 Å². The highest BCUT2D eigenvalue weighted by molar-refractivity contribution is 5.90. The molecule has 3 rings (SSSR count). The first-order valence-corrected chi connectivity index (χ1v) is 9.23. The zero-order chi connectivity index (χ0) is 19.9. The molecule has 1 atom stereocenters. The Labute approximate surface area is 201 Å². The van der Waals surface area contributed by atoms with E-state index in [4.69, 9.17) is 5.21 Å². The molecule has 3 N–H and O–H groups in total. The van der Waals surface area contributed by atoms with Crippen molar-refractivity contribution in [1.29, 1.82) is 0 Å². The van der Waals surface area contributed by atoms with Crippen molar-refractivity contribution in [3.63, 3.8) is 0 Å². The van der Waals surface area contributed by atoms with Crippen molar-refractivity contribution >= 4 is 60.7 Å². The Hall–Kier alpha value is -2.10. The van der Waals surface area contributed by atoms with Gasteiger partial charge in [0.15, 0.2) is 0 Å². The lowest BCUT2D eigenvalue weighted by molar-refractivity contribution is -0.124. The van der Waals surface area contributed by atoms with Gasteiger partial charge in [-0.1, -0.05) is 12.1 Å². The SMILES string of the molecule is CN(C)c1cccc(CN2CC[C@@H](Nc3cnc(C=CC(=O)NO)cn3)C2)c1.Cl.Cl.Cl. The van der Waals surface area contributed by atoms with Gasteiger partial charge in [0.25, 0.3) is 5.91 Å². The predicted octanol–water partition coefficient (Wildman–Crippen LogP) is 3.01. The summed E-state index contributed by atoms with van der Waals surface area (Å²) in [6, 6.07) is 8.95. The second-order valence-electron chi connectivity index (χ2n) is 7.07. The normalized spacial score (nSPS) is 15.4. The second kappa shape index (κ2) is 14.1. The summed E-state index contributed by atoms with van der Waals surface area (Å²) < 4.78 is 0. The van der Waals surface area contributed by atoms with Crippen LogP contribution in [0.15, 0.2) is 42.7 Å². The molecule has 1 aromatic heterocycles. The standard InChI is InChI=1S/C20H26N6O2.3ClH/c1-25(2)18-5-3-4-15(10-18)13-26-9-8-17(14-26)23-19-12-21-16(11-22-19)6-7-20(27)24-28;;;/h3-7,10-12,17,28H,8-9,13-14H2,1-2H3,(H,22,23)(H,24,27);3*1H/t17-;;;/m1.../s1. The van der Waals surface area contributed by atoms with E-state index in [2.05, 4.69) is 63.4 Å². The number of halogens is 3. The van der Waals surface area contributed by atoms with E-state index in [1.54, 1.807) is 12.4 Å². The molecule has 0 bridgehead atoms. The van der Waals surface area contributed by atoms with E-state index < -0.39 is 5.91 Å². The third-order valence-electron chi connectivity index (χ3n) is 4.64. The van der Waals surface area contributed by atoms with E-state index in [1.807, 2.05) is 0 Å². The molecular formula is C20H29Cl3N6O2. The van der Waals surface area contributed by atoms with Crippen LogP contribution in [0.1, 0.15) is 17.7 Å². The fourth-order valence-electron chi connectivity index (χ4n) is 3.19. The summed E-state index contributed by atoms with van der Waals surface area (Å²) in [4.78, 5) is 24.1. The number of likely N-dealkylation sites (tertiary alicyclic amines) is 1. The van der Waals surface area contributed by atoms with Crippen LogP contribution in [0.3, 0.4) is 0 Å². The van der Waals surface area contributed by atoms with E-state index in [0.29, 0.717) is 17.6 Å². The molecule has 8 nitrogen and oxygen atoms in total. The maximum Gasteiger partial charge on any atom is 0.267 e. The summed E-state index contributed by atoms with van der Waals surface area (Å²) in [5.74, 6) is 0.108. The lowest BCUT2D eigenvalue weighted by atomic mass is 10.2. The molecule has 2 heterocycles. The Morgan fingerprint density at radius 1 is 1.26 bits per heavy atom. The smallest absolute Gasteiger partial charge is 0.267 e. The molecule has 11 heteroatoms. The molecule has 0 spiro atoms. The minimum Gasteiger partial charge on any atom is -0.378 e. The Morgan fingerprint density at radius 2 is 2.03 bits per heavy atom. The molecule has 0 radical (unpaired) electrons. The Kier molecular flexibility index (Phi) is 13.1. The lowest BCUT2D eigenvalue weighted by Crippen LogP contribution is -2.26. The second-order valence-corrected chi connectivity index (χ2v) is 7.07. The van der Waals surface area contributed by atoms with Gasteiger partial charge in [-0.25, -0.2) is 10.5 Å². The first-order chi connectivity index (χ1) is 13.5. The number of carbonyl (C=O) groups excluding carboxylic acids is 1. The molecule has 2 aromatic rings. The van der Waals surface area contributed by atoms with Crippen LogP contribution in [0.5, 0.6) is 0 Å². The lowest BCUT2D eigenvalue weighted by Gasteiger charge is -2.19. The molecule has 172 valence electrons. The van der Waals surface area contributed by atoms with Crippen molar-refractivity contribution in [1.82, 2.24) is 20.3 Å². The number of nitrogens with zero attached hydrogens (tertiary/aromatic N) is 4. The molecule has 1 amide bonds. The third kappa shape index (κ3) is 8.88. The molecule has 31 heavy (non-hydrogen) atoms. The van der Waals surface area contributed by atoms with Crippen molar-refractivity contribution in [3.8, 4) is 0 Å². The quantitative estimate of drug-likeness (QED) is 0.311. The number of anilines is 2. The molecule has 1 fully saturated rings. The van der Waals surface area contributed by atoms with E-state index in [0.717, 1.165) is 26.1 Å². The molecular weight excluding hydrogens is 463 g/mol. The molecule has 1 aliphatic heterocycles. The number of hydrogen-bond acceptors (Lipinski definition) is 7. The largest absolute Gasteiger partial charge is 0.378 e. The van der Waals surface area contributed by atoms with E-state index >= 15 is 0 Å². The summed E-state index contributed by atoms with van der Waals surface area (Å²) in [5, 5.41) is 11.9. The predicted molar refractivity (Wildman–Crippen MR) is 131 cm³/mol. The summed E-state index contributed by atoms with van der Waals surface area (Å²) in [7, 11) is 4.11. The number of hydroxylamine groups is 1. The minimum absolute atomic E-state index is 0. The van der Waals surface area contributed by atoms with Gasteiger partial charge in [0, 0.05) is 51.5 Å². The molecule has 1 aliphatic rings. The number of amides is 1. The van der Waals surface area contributed by atoms with Crippen LogP contribution in [-0.4, -0.2) is 59.2 Å². The van der Waals surface area contributed by atoms with Crippen molar-refractivity contribution < 1.29 is 10.0 Å². The summed E-state index contributed by atoms with van der Waals surface area (Å²) in [6.07, 6.45) is 6.97. The van der Waals surface area contributed by atoms with Crippen LogP contribution in [0.2, 0.25) is 0 Å². The Balaban J connectivity index is 0.00000300. The Morgan fingerprint density at radius 3 is 2.68 bits per heavy atom. The average molecular weight is 492 g/mol. The summed E-state index contributed by atoms with van der Waals surface area (Å²) in [5.41, 5.74) is 4.61. The van der Waals surface area contributed by atoms with E-state index in [9.17, 15) is 4.79 Å². The van der Waals surface area contributed by atoms with Gasteiger partial charge in [-0.2, -0.15) is 0 Å². The highest BCUT2D eigenvalue weighted by Crippen LogP contribution is 2.19. The number of aromatic nitrogens is 2. The van der Waals surface area contributed by atoms with Crippen LogP contribution in [0, 0.1) is 0 Å². The maximum absolute atomic E-state index is 11.0. The fraction of sp³-hybridized carbons (Fsp3) is 0.350. The zero-order valence-corrected chi connectivity index (χ0v) is 19.8. The van der Waals surface area contributed by atoms with Crippen molar-refractivity contribution in [3.05, 3.63) is 54.0 Å². The zero-order valence-electron chi connectivity index (χ0n) is 17.4. The van der Waals surface area contributed by atoms with E-state index in [-0.39, 0.29) is 37.2 Å². The highest BCUT2D eigenvalue weighted by atomic mass is 35.5. The van der Waals surface area contributed by atoms with Crippen LogP contribution < -0.4 is 15.7 Å². The minimum atomic E-state index is -0.605. The maximum atomic E-state index is 11.0. The van der Waals surface area contributed by atoms with Crippen LogP contribution >= 0.6 is 37.2 Å². The van der Waals surface area contributed by atoms with Gasteiger partial charge < -0.3 is 10.2 Å². The highest BCUT2D eigenvalue weighted by Gasteiger charge is 2.22. The number of hydrogen-bond donors (Lipinski definition) is 3. The number of rotatable bonds is 7. The van der Waals surface area contributed by atoms with Crippen LogP contribution in [0.4, 0.5) is 11.5 Å². The van der Waals surface area contributed by atoms with E-state index in [1.165, 1.54) is 28.9 Å². The summed E-state index contributed by atoms with van der Waals surface area (Å²) >= 11 is 0. The number of benzene rings is 1. The molecule has 1 aromatic carbocycles. The molecule has 0 unspecified atom stereocenters. The van der Waals surface area contributed by atoms with Crippen molar-refractivity contribution in [2.45, 2.75) is 19.0 Å². The Bertz CT molecular complexity index is 836. The van der Waals surface area contributed by atoms with Gasteiger partial charge in [-0.3, -0.25) is 19.9 Å². The van der Waals surface area contributed by atoms with Crippen molar-refractivity contribution in [2.24, 2.45) is 0 Å². The van der Waals surface area contributed by atoms with Gasteiger partial charge in [-0.15, -0.1) is 37.2 Å². The topological polar surface area (TPSA) is 93.6 Å². The average Bonchev–Trinajstić information content (AvgIpc) is 3.14. The molecule has 0 saturated carbocycles. The van der Waals surface area contributed by atoms with Gasteiger partial charge in [0.1, 0.15) is 5.82 Å².